The molecule has 1 N–H and O–H groups in total. The summed E-state index contributed by atoms with van der Waals surface area (Å²) in [6.07, 6.45) is 1.51. The Morgan fingerprint density at radius 1 is 1.25 bits per heavy atom. The smallest absolute Gasteiger partial charge is 0.271 e. The summed E-state index contributed by atoms with van der Waals surface area (Å²) in [5.41, 5.74) is 0.650. The highest BCUT2D eigenvalue weighted by atomic mass is 35.5. The lowest BCUT2D eigenvalue weighted by atomic mass is 10.2. The van der Waals surface area contributed by atoms with Crippen molar-refractivity contribution in [2.24, 2.45) is 0 Å². The summed E-state index contributed by atoms with van der Waals surface area (Å²) < 4.78 is 6.83. The Morgan fingerprint density at radius 3 is 2.84 bits per heavy atom. The van der Waals surface area contributed by atoms with Crippen LogP contribution in [0.1, 0.15) is 5.56 Å². The lowest BCUT2D eigenvalue weighted by Crippen LogP contribution is -2.43. The van der Waals surface area contributed by atoms with Gasteiger partial charge >= 0.3 is 0 Å². The molecular formula is C20H15Cl2N5O5. The number of rotatable bonds is 6. The number of non-ortho nitro benzene ring substituents is 1. The SMILES string of the molecule is O=C(CN1C(=O)COc2ccc([N+](=O)[O-])cc21)Nc1ccnn1Cc1cccc(Cl)c1Cl. The van der Waals surface area contributed by atoms with Crippen molar-refractivity contribution >= 4 is 52.2 Å². The zero-order chi connectivity index (χ0) is 22.8. The van der Waals surface area contributed by atoms with E-state index in [0.717, 1.165) is 4.90 Å². The number of aromatic nitrogens is 2. The molecule has 2 amide bonds. The number of halogens is 2. The third-order valence-corrected chi connectivity index (χ3v) is 5.59. The van der Waals surface area contributed by atoms with Gasteiger partial charge in [-0.05, 0) is 17.7 Å². The second-order valence-corrected chi connectivity index (χ2v) is 7.60. The van der Waals surface area contributed by atoms with E-state index < -0.39 is 16.7 Å². The van der Waals surface area contributed by atoms with Crippen molar-refractivity contribution in [1.82, 2.24) is 9.78 Å². The second kappa shape index (κ2) is 8.85. The van der Waals surface area contributed by atoms with Crippen LogP contribution in [0.5, 0.6) is 5.75 Å². The first-order valence-corrected chi connectivity index (χ1v) is 10.0. The highest BCUT2D eigenvalue weighted by Gasteiger charge is 2.29. The molecule has 3 aromatic rings. The number of ether oxygens (including phenoxy) is 1. The Balaban J connectivity index is 1.51. The molecular weight excluding hydrogens is 461 g/mol. The molecule has 0 spiro atoms. The Kier molecular flexibility index (Phi) is 5.97. The van der Waals surface area contributed by atoms with Gasteiger partial charge in [0.25, 0.3) is 11.6 Å². The van der Waals surface area contributed by atoms with Crippen molar-refractivity contribution in [1.29, 1.82) is 0 Å². The average molecular weight is 476 g/mol. The molecule has 0 saturated carbocycles. The van der Waals surface area contributed by atoms with Crippen LogP contribution in [0, 0.1) is 10.1 Å². The first-order valence-electron chi connectivity index (χ1n) is 9.29. The number of carbonyl (C=O) groups is 2. The highest BCUT2D eigenvalue weighted by molar-refractivity contribution is 6.42. The summed E-state index contributed by atoms with van der Waals surface area (Å²) in [7, 11) is 0. The number of fused-ring (bicyclic) bond motifs is 1. The fourth-order valence-corrected chi connectivity index (χ4v) is 3.58. The monoisotopic (exact) mass is 475 g/mol. The van der Waals surface area contributed by atoms with Crippen molar-refractivity contribution in [3.05, 3.63) is 74.4 Å². The van der Waals surface area contributed by atoms with E-state index in [0.29, 0.717) is 21.4 Å². The number of benzene rings is 2. The van der Waals surface area contributed by atoms with Gasteiger partial charge in [0.05, 0.1) is 33.4 Å². The minimum atomic E-state index is -0.586. The zero-order valence-corrected chi connectivity index (χ0v) is 17.8. The zero-order valence-electron chi connectivity index (χ0n) is 16.3. The third kappa shape index (κ3) is 4.36. The molecule has 164 valence electrons. The van der Waals surface area contributed by atoms with Gasteiger partial charge in [-0.15, -0.1) is 0 Å². The summed E-state index contributed by atoms with van der Waals surface area (Å²) in [6, 6.07) is 10.7. The van der Waals surface area contributed by atoms with Gasteiger partial charge in [0.1, 0.15) is 18.1 Å². The minimum Gasteiger partial charge on any atom is -0.482 e. The molecule has 2 heterocycles. The molecule has 4 rings (SSSR count). The summed E-state index contributed by atoms with van der Waals surface area (Å²) >= 11 is 12.3. The number of nitro groups is 1. The van der Waals surface area contributed by atoms with E-state index in [2.05, 4.69) is 10.4 Å². The van der Waals surface area contributed by atoms with Crippen LogP contribution in [-0.4, -0.2) is 39.7 Å². The van der Waals surface area contributed by atoms with E-state index in [1.54, 1.807) is 24.3 Å². The molecule has 1 aliphatic rings. The van der Waals surface area contributed by atoms with Crippen molar-refractivity contribution < 1.29 is 19.2 Å². The lowest BCUT2D eigenvalue weighted by molar-refractivity contribution is -0.384. The summed E-state index contributed by atoms with van der Waals surface area (Å²) in [5.74, 6) is -0.348. The van der Waals surface area contributed by atoms with Crippen LogP contribution < -0.4 is 15.0 Å². The normalized spacial score (nSPS) is 12.8. The number of hydrogen-bond acceptors (Lipinski definition) is 6. The van der Waals surface area contributed by atoms with Gasteiger partial charge in [0.2, 0.25) is 5.91 Å². The van der Waals surface area contributed by atoms with Crippen LogP contribution in [0.15, 0.2) is 48.7 Å². The molecule has 0 saturated heterocycles. The molecule has 2 aromatic carbocycles. The largest absolute Gasteiger partial charge is 0.482 e. The number of hydrogen-bond donors (Lipinski definition) is 1. The molecule has 0 fully saturated rings. The number of carbonyl (C=O) groups excluding carboxylic acids is 2. The molecule has 0 atom stereocenters. The minimum absolute atomic E-state index is 0.157. The Bertz CT molecular complexity index is 1230. The molecule has 0 radical (unpaired) electrons. The second-order valence-electron chi connectivity index (χ2n) is 6.81. The van der Waals surface area contributed by atoms with Crippen molar-refractivity contribution in [2.45, 2.75) is 6.54 Å². The molecule has 0 bridgehead atoms. The lowest BCUT2D eigenvalue weighted by Gasteiger charge is -2.28. The number of amides is 2. The van der Waals surface area contributed by atoms with Gasteiger partial charge in [-0.25, -0.2) is 4.68 Å². The van der Waals surface area contributed by atoms with Crippen molar-refractivity contribution in [3.8, 4) is 5.75 Å². The quantitative estimate of drug-likeness (QED) is 0.430. The molecule has 1 aromatic heterocycles. The van der Waals surface area contributed by atoms with E-state index in [9.17, 15) is 19.7 Å². The predicted molar refractivity (Wildman–Crippen MR) is 117 cm³/mol. The highest BCUT2D eigenvalue weighted by Crippen LogP contribution is 2.35. The Hall–Kier alpha value is -3.63. The van der Waals surface area contributed by atoms with E-state index in [4.69, 9.17) is 27.9 Å². The van der Waals surface area contributed by atoms with Crippen LogP contribution >= 0.6 is 23.2 Å². The van der Waals surface area contributed by atoms with Gasteiger partial charge in [-0.3, -0.25) is 24.6 Å². The van der Waals surface area contributed by atoms with E-state index in [1.807, 2.05) is 0 Å². The van der Waals surface area contributed by atoms with Crippen LogP contribution in [-0.2, 0) is 16.1 Å². The number of nitrogens with zero attached hydrogens (tertiary/aromatic N) is 4. The summed E-state index contributed by atoms with van der Waals surface area (Å²) in [6.45, 7) is -0.379. The van der Waals surface area contributed by atoms with Crippen LogP contribution in [0.25, 0.3) is 0 Å². The first-order chi connectivity index (χ1) is 15.3. The topological polar surface area (TPSA) is 120 Å². The number of anilines is 2. The van der Waals surface area contributed by atoms with E-state index in [1.165, 1.54) is 29.1 Å². The fourth-order valence-electron chi connectivity index (χ4n) is 3.20. The Morgan fingerprint density at radius 2 is 2.06 bits per heavy atom. The number of nitro benzene ring substituents is 1. The van der Waals surface area contributed by atoms with Gasteiger partial charge < -0.3 is 10.1 Å². The third-order valence-electron chi connectivity index (χ3n) is 4.73. The maximum absolute atomic E-state index is 12.7. The summed E-state index contributed by atoms with van der Waals surface area (Å²) in [5, 5.41) is 18.8. The summed E-state index contributed by atoms with van der Waals surface area (Å²) in [4.78, 5) is 36.7. The standard InChI is InChI=1S/C20H15Cl2N5O5/c21-14-3-1-2-12(20(14)22)9-26-17(6-7-23-26)24-18(28)10-25-15-8-13(27(30)31)4-5-16(15)32-11-19(25)29/h1-8H,9-11H2,(H,24,28). The van der Waals surface area contributed by atoms with E-state index in [-0.39, 0.29) is 36.8 Å². The van der Waals surface area contributed by atoms with Crippen molar-refractivity contribution in [2.75, 3.05) is 23.4 Å². The van der Waals surface area contributed by atoms with Gasteiger partial charge in [0, 0.05) is 18.2 Å². The molecule has 10 nitrogen and oxygen atoms in total. The first kappa shape index (κ1) is 21.6. The van der Waals surface area contributed by atoms with Gasteiger partial charge in [0.15, 0.2) is 6.61 Å². The van der Waals surface area contributed by atoms with Crippen LogP contribution in [0.4, 0.5) is 17.2 Å². The maximum atomic E-state index is 12.7. The number of nitrogens with one attached hydrogen (secondary N) is 1. The van der Waals surface area contributed by atoms with Gasteiger partial charge in [-0.1, -0.05) is 35.3 Å². The van der Waals surface area contributed by atoms with Crippen LogP contribution in [0.3, 0.4) is 0 Å². The molecule has 0 unspecified atom stereocenters. The molecule has 0 aliphatic carbocycles. The van der Waals surface area contributed by atoms with Crippen LogP contribution in [0.2, 0.25) is 10.0 Å². The van der Waals surface area contributed by atoms with E-state index >= 15 is 0 Å². The predicted octanol–water partition coefficient (Wildman–Crippen LogP) is 3.51. The van der Waals surface area contributed by atoms with Gasteiger partial charge in [-0.2, -0.15) is 5.10 Å². The molecule has 1 aliphatic heterocycles. The maximum Gasteiger partial charge on any atom is 0.271 e. The fraction of sp³-hybridized carbons (Fsp3) is 0.150. The molecule has 12 heteroatoms. The molecule has 32 heavy (non-hydrogen) atoms. The van der Waals surface area contributed by atoms with Crippen molar-refractivity contribution in [3.63, 3.8) is 0 Å². The average Bonchev–Trinajstić information content (AvgIpc) is 3.19. The Labute approximate surface area is 191 Å².